The van der Waals surface area contributed by atoms with Crippen LogP contribution in [0.25, 0.3) is 0 Å². The van der Waals surface area contributed by atoms with Crippen LogP contribution in [0.1, 0.15) is 11.3 Å². The predicted octanol–water partition coefficient (Wildman–Crippen LogP) is 0.748. The Bertz CT molecular complexity index is 312. The number of hydrogen-bond acceptors (Lipinski definition) is 4. The van der Waals surface area contributed by atoms with Gasteiger partial charge in [-0.3, -0.25) is 0 Å². The zero-order valence-electron chi connectivity index (χ0n) is 6.66. The number of alkyl halides is 1. The molecule has 1 heterocycles. The first kappa shape index (κ1) is 10.1. The Morgan fingerprint density at radius 1 is 1.69 bits per heavy atom. The predicted molar refractivity (Wildman–Crippen MR) is 48.7 cm³/mol. The van der Waals surface area contributed by atoms with Crippen molar-refractivity contribution in [3.05, 3.63) is 21.4 Å². The SMILES string of the molecule is O=[N+]([O-])c1[nH]nc(CO)c1CCBr. The summed E-state index contributed by atoms with van der Waals surface area (Å²) in [5.74, 6) is -0.136. The molecule has 2 N–H and O–H groups in total. The maximum atomic E-state index is 10.5. The van der Waals surface area contributed by atoms with Crippen molar-refractivity contribution in [3.63, 3.8) is 0 Å². The standard InChI is InChI=1S/C6H8BrN3O3/c7-2-1-4-5(3-11)8-9-6(4)10(12)13/h11H,1-3H2,(H,8,9). The van der Waals surface area contributed by atoms with Gasteiger partial charge in [0.05, 0.1) is 12.2 Å². The number of aliphatic hydroxyl groups excluding tert-OH is 1. The molecule has 7 heteroatoms. The van der Waals surface area contributed by atoms with Crippen molar-refractivity contribution < 1.29 is 10.0 Å². The molecule has 0 fully saturated rings. The second-order valence-corrected chi connectivity index (χ2v) is 3.14. The summed E-state index contributed by atoms with van der Waals surface area (Å²) < 4.78 is 0. The van der Waals surface area contributed by atoms with Gasteiger partial charge in [0, 0.05) is 5.33 Å². The highest BCUT2D eigenvalue weighted by molar-refractivity contribution is 9.09. The summed E-state index contributed by atoms with van der Waals surface area (Å²) in [6, 6.07) is 0. The fourth-order valence-electron chi connectivity index (χ4n) is 1.03. The minimum Gasteiger partial charge on any atom is -0.390 e. The summed E-state index contributed by atoms with van der Waals surface area (Å²) in [6.07, 6.45) is 0.475. The minimum absolute atomic E-state index is 0.136. The van der Waals surface area contributed by atoms with Crippen LogP contribution in [0.3, 0.4) is 0 Å². The van der Waals surface area contributed by atoms with E-state index in [-0.39, 0.29) is 12.4 Å². The molecule has 72 valence electrons. The Balaban J connectivity index is 3.06. The molecule has 0 aliphatic rings. The van der Waals surface area contributed by atoms with E-state index in [9.17, 15) is 10.1 Å². The lowest BCUT2D eigenvalue weighted by molar-refractivity contribution is -0.390. The summed E-state index contributed by atoms with van der Waals surface area (Å²) in [5, 5.41) is 25.8. The average molecular weight is 250 g/mol. The molecule has 0 saturated heterocycles. The number of nitrogens with one attached hydrogen (secondary N) is 1. The van der Waals surface area contributed by atoms with Gasteiger partial charge in [-0.1, -0.05) is 21.0 Å². The molecular formula is C6H8BrN3O3. The Hall–Kier alpha value is -0.950. The second-order valence-electron chi connectivity index (χ2n) is 2.35. The third-order valence-corrected chi connectivity index (χ3v) is 2.00. The maximum Gasteiger partial charge on any atom is 0.346 e. The number of nitrogens with zero attached hydrogens (tertiary/aromatic N) is 2. The molecule has 1 rings (SSSR count). The molecule has 0 saturated carbocycles. The number of nitro groups is 1. The molecule has 0 spiro atoms. The molecule has 1 aromatic heterocycles. The number of H-pyrrole nitrogens is 1. The van der Waals surface area contributed by atoms with Crippen LogP contribution in [-0.2, 0) is 13.0 Å². The third kappa shape index (κ3) is 2.04. The van der Waals surface area contributed by atoms with Gasteiger partial charge in [0.2, 0.25) is 0 Å². The molecule has 1 aromatic rings. The van der Waals surface area contributed by atoms with Crippen LogP contribution < -0.4 is 0 Å². The lowest BCUT2D eigenvalue weighted by Crippen LogP contribution is -1.97. The Kier molecular flexibility index (Phi) is 3.38. The van der Waals surface area contributed by atoms with Crippen LogP contribution in [-0.4, -0.2) is 25.6 Å². The van der Waals surface area contributed by atoms with Crippen LogP contribution in [0.2, 0.25) is 0 Å². The summed E-state index contributed by atoms with van der Waals surface area (Å²) in [4.78, 5) is 9.93. The summed E-state index contributed by atoms with van der Waals surface area (Å²) in [6.45, 7) is -0.285. The van der Waals surface area contributed by atoms with Crippen molar-refractivity contribution in [1.82, 2.24) is 10.2 Å². The highest BCUT2D eigenvalue weighted by Crippen LogP contribution is 2.19. The Morgan fingerprint density at radius 2 is 2.38 bits per heavy atom. The highest BCUT2D eigenvalue weighted by atomic mass is 79.9. The van der Waals surface area contributed by atoms with Crippen molar-refractivity contribution in [1.29, 1.82) is 0 Å². The van der Waals surface area contributed by atoms with E-state index in [1.165, 1.54) is 0 Å². The lowest BCUT2D eigenvalue weighted by atomic mass is 10.2. The Morgan fingerprint density at radius 3 is 2.85 bits per heavy atom. The highest BCUT2D eigenvalue weighted by Gasteiger charge is 2.19. The topological polar surface area (TPSA) is 92.0 Å². The van der Waals surface area contributed by atoms with Crippen molar-refractivity contribution in [3.8, 4) is 0 Å². The van der Waals surface area contributed by atoms with Crippen LogP contribution in [0.15, 0.2) is 0 Å². The quantitative estimate of drug-likeness (QED) is 0.468. The first-order valence-electron chi connectivity index (χ1n) is 3.58. The summed E-state index contributed by atoms with van der Waals surface area (Å²) in [7, 11) is 0. The molecule has 6 nitrogen and oxygen atoms in total. The van der Waals surface area contributed by atoms with Gasteiger partial charge in [0.25, 0.3) is 0 Å². The van der Waals surface area contributed by atoms with Gasteiger partial charge >= 0.3 is 5.82 Å². The van der Waals surface area contributed by atoms with Gasteiger partial charge in [0.1, 0.15) is 5.69 Å². The largest absolute Gasteiger partial charge is 0.390 e. The zero-order chi connectivity index (χ0) is 9.84. The minimum atomic E-state index is -0.538. The van der Waals surface area contributed by atoms with E-state index in [1.54, 1.807) is 0 Å². The van der Waals surface area contributed by atoms with E-state index in [2.05, 4.69) is 26.1 Å². The molecule has 0 unspecified atom stereocenters. The summed E-state index contributed by atoms with van der Waals surface area (Å²) >= 11 is 3.17. The lowest BCUT2D eigenvalue weighted by Gasteiger charge is -1.96. The van der Waals surface area contributed by atoms with Crippen molar-refractivity contribution in [2.24, 2.45) is 0 Å². The molecule has 0 aromatic carbocycles. The first-order chi connectivity index (χ1) is 6.20. The van der Waals surface area contributed by atoms with E-state index in [4.69, 9.17) is 5.11 Å². The fraction of sp³-hybridized carbons (Fsp3) is 0.500. The second kappa shape index (κ2) is 4.33. The zero-order valence-corrected chi connectivity index (χ0v) is 8.24. The Labute approximate surface area is 82.2 Å². The number of halogens is 1. The molecule has 0 aliphatic heterocycles. The van der Waals surface area contributed by atoms with Crippen LogP contribution in [0.4, 0.5) is 5.82 Å². The van der Waals surface area contributed by atoms with E-state index in [0.29, 0.717) is 23.0 Å². The van der Waals surface area contributed by atoms with Gasteiger partial charge in [-0.05, 0) is 11.3 Å². The van der Waals surface area contributed by atoms with Gasteiger partial charge in [0.15, 0.2) is 0 Å². The van der Waals surface area contributed by atoms with E-state index in [0.717, 1.165) is 0 Å². The van der Waals surface area contributed by atoms with E-state index >= 15 is 0 Å². The van der Waals surface area contributed by atoms with E-state index < -0.39 is 4.92 Å². The number of hydrogen-bond donors (Lipinski definition) is 2. The van der Waals surface area contributed by atoms with Crippen molar-refractivity contribution in [2.75, 3.05) is 5.33 Å². The van der Waals surface area contributed by atoms with Crippen molar-refractivity contribution in [2.45, 2.75) is 13.0 Å². The molecule has 0 amide bonds. The normalized spacial score (nSPS) is 10.3. The number of aliphatic hydroxyl groups is 1. The van der Waals surface area contributed by atoms with Gasteiger partial charge in [-0.2, -0.15) is 0 Å². The van der Waals surface area contributed by atoms with Gasteiger partial charge in [-0.15, -0.1) is 5.10 Å². The van der Waals surface area contributed by atoms with Crippen LogP contribution in [0.5, 0.6) is 0 Å². The number of aromatic nitrogens is 2. The third-order valence-electron chi connectivity index (χ3n) is 1.61. The van der Waals surface area contributed by atoms with Crippen LogP contribution >= 0.6 is 15.9 Å². The van der Waals surface area contributed by atoms with Crippen molar-refractivity contribution >= 4 is 21.7 Å². The van der Waals surface area contributed by atoms with Crippen LogP contribution in [0, 0.1) is 10.1 Å². The van der Waals surface area contributed by atoms with Gasteiger partial charge < -0.3 is 15.2 Å². The molecule has 0 bridgehead atoms. The average Bonchev–Trinajstić information content (AvgIpc) is 2.48. The monoisotopic (exact) mass is 249 g/mol. The molecule has 0 aliphatic carbocycles. The molecular weight excluding hydrogens is 242 g/mol. The fourth-order valence-corrected chi connectivity index (χ4v) is 1.43. The first-order valence-corrected chi connectivity index (χ1v) is 4.70. The number of rotatable bonds is 4. The van der Waals surface area contributed by atoms with Gasteiger partial charge in [-0.25, -0.2) is 0 Å². The molecule has 0 atom stereocenters. The summed E-state index contributed by atoms with van der Waals surface area (Å²) in [5.41, 5.74) is 0.801. The smallest absolute Gasteiger partial charge is 0.346 e. The van der Waals surface area contributed by atoms with E-state index in [1.807, 2.05) is 0 Å². The molecule has 13 heavy (non-hydrogen) atoms. The molecule has 0 radical (unpaired) electrons. The number of aromatic amines is 1. The maximum absolute atomic E-state index is 10.5.